The minimum Gasteiger partial charge on any atom is -0.480 e. The zero-order valence-electron chi connectivity index (χ0n) is 7.52. The van der Waals surface area contributed by atoms with Crippen LogP contribution in [0.2, 0.25) is 0 Å². The van der Waals surface area contributed by atoms with Crippen molar-refractivity contribution in [1.82, 2.24) is 0 Å². The van der Waals surface area contributed by atoms with Crippen molar-refractivity contribution in [3.63, 3.8) is 0 Å². The molecule has 0 atom stereocenters. The molecule has 13 heavy (non-hydrogen) atoms. The molecule has 0 aromatic heterocycles. The van der Waals surface area contributed by atoms with Crippen LogP contribution in [0.4, 0.5) is 0 Å². The molecule has 0 heterocycles. The number of rotatable bonds is 7. The van der Waals surface area contributed by atoms with Crippen LogP contribution in [0.15, 0.2) is 0 Å². The first kappa shape index (κ1) is 12.4. The minimum absolute atomic E-state index is 0.0807. The van der Waals surface area contributed by atoms with Crippen molar-refractivity contribution in [3.8, 4) is 0 Å². The molecule has 78 valence electrons. The second-order valence-corrected chi connectivity index (χ2v) is 4.87. The van der Waals surface area contributed by atoms with Crippen molar-refractivity contribution in [1.29, 1.82) is 0 Å². The average molecular weight is 210 g/mol. The van der Waals surface area contributed by atoms with E-state index in [1.807, 2.05) is 0 Å². The van der Waals surface area contributed by atoms with Crippen molar-refractivity contribution in [2.24, 2.45) is 0 Å². The standard InChI is InChI=1S/C7H14O5S/c1-12-4-2-3-5-13(10,11)6-7(8)9/h2-6H2,1H3,(H,8,9). The number of hydrogen-bond donors (Lipinski definition) is 1. The third-order valence-corrected chi connectivity index (χ3v) is 2.99. The molecular weight excluding hydrogens is 196 g/mol. The van der Waals surface area contributed by atoms with Gasteiger partial charge in [-0.25, -0.2) is 8.42 Å². The third-order valence-electron chi connectivity index (χ3n) is 1.40. The number of methoxy groups -OCH3 is 1. The molecule has 0 aliphatic heterocycles. The van der Waals surface area contributed by atoms with Crippen LogP contribution in [0.3, 0.4) is 0 Å². The minimum atomic E-state index is -3.42. The quantitative estimate of drug-likeness (QED) is 0.594. The van der Waals surface area contributed by atoms with E-state index in [4.69, 9.17) is 9.84 Å². The fraction of sp³-hybridized carbons (Fsp3) is 0.857. The third kappa shape index (κ3) is 7.73. The lowest BCUT2D eigenvalue weighted by Crippen LogP contribution is -2.18. The van der Waals surface area contributed by atoms with E-state index in [1.165, 1.54) is 7.11 Å². The van der Waals surface area contributed by atoms with Gasteiger partial charge in [-0.2, -0.15) is 0 Å². The monoisotopic (exact) mass is 210 g/mol. The Morgan fingerprint density at radius 1 is 1.38 bits per heavy atom. The van der Waals surface area contributed by atoms with E-state index in [-0.39, 0.29) is 5.75 Å². The molecule has 0 fully saturated rings. The van der Waals surface area contributed by atoms with E-state index in [1.54, 1.807) is 0 Å². The molecule has 0 aromatic rings. The van der Waals surface area contributed by atoms with Crippen LogP contribution in [0.5, 0.6) is 0 Å². The summed E-state index contributed by atoms with van der Waals surface area (Å²) in [7, 11) is -1.88. The number of aliphatic carboxylic acids is 1. The summed E-state index contributed by atoms with van der Waals surface area (Å²) >= 11 is 0. The number of ether oxygens (including phenoxy) is 1. The van der Waals surface area contributed by atoms with E-state index in [9.17, 15) is 13.2 Å². The van der Waals surface area contributed by atoms with E-state index in [0.29, 0.717) is 19.4 Å². The highest BCUT2D eigenvalue weighted by atomic mass is 32.2. The summed E-state index contributed by atoms with van der Waals surface area (Å²) in [6.07, 6.45) is 1.08. The van der Waals surface area contributed by atoms with Crippen LogP contribution in [0, 0.1) is 0 Å². The predicted molar refractivity (Wildman–Crippen MR) is 47.4 cm³/mol. The Hall–Kier alpha value is -0.620. The fourth-order valence-electron chi connectivity index (χ4n) is 0.829. The Morgan fingerprint density at radius 3 is 2.46 bits per heavy atom. The second kappa shape index (κ2) is 5.93. The number of carbonyl (C=O) groups is 1. The predicted octanol–water partition coefficient (Wildman–Crippen LogP) is -0.0876. The van der Waals surface area contributed by atoms with Gasteiger partial charge >= 0.3 is 5.97 Å². The van der Waals surface area contributed by atoms with Gasteiger partial charge in [0.05, 0.1) is 5.75 Å². The highest BCUT2D eigenvalue weighted by Crippen LogP contribution is 1.97. The molecule has 1 N–H and O–H groups in total. The average Bonchev–Trinajstić information content (AvgIpc) is 1.95. The van der Waals surface area contributed by atoms with Crippen LogP contribution < -0.4 is 0 Å². The summed E-state index contributed by atoms with van der Waals surface area (Å²) < 4.78 is 26.7. The van der Waals surface area contributed by atoms with Gasteiger partial charge in [0.1, 0.15) is 5.75 Å². The number of sulfone groups is 1. The lowest BCUT2D eigenvalue weighted by atomic mass is 10.4. The van der Waals surface area contributed by atoms with E-state index >= 15 is 0 Å². The summed E-state index contributed by atoms with van der Waals surface area (Å²) in [6.45, 7) is 0.503. The first-order valence-electron chi connectivity index (χ1n) is 3.89. The van der Waals surface area contributed by atoms with E-state index in [2.05, 4.69) is 0 Å². The molecule has 0 saturated heterocycles. The molecule has 0 aliphatic rings. The number of carboxylic acids is 1. The Labute approximate surface area is 77.6 Å². The lowest BCUT2D eigenvalue weighted by Gasteiger charge is -2.00. The lowest BCUT2D eigenvalue weighted by molar-refractivity contribution is -0.134. The van der Waals surface area contributed by atoms with Gasteiger partial charge in [-0.1, -0.05) is 0 Å². The van der Waals surface area contributed by atoms with Crippen LogP contribution >= 0.6 is 0 Å². The first-order valence-corrected chi connectivity index (χ1v) is 5.71. The number of hydrogen-bond acceptors (Lipinski definition) is 4. The fourth-order valence-corrected chi connectivity index (χ4v) is 1.99. The van der Waals surface area contributed by atoms with E-state index in [0.717, 1.165) is 0 Å². The van der Waals surface area contributed by atoms with Gasteiger partial charge in [-0.05, 0) is 12.8 Å². The smallest absolute Gasteiger partial charge is 0.318 e. The van der Waals surface area contributed by atoms with Gasteiger partial charge in [0, 0.05) is 13.7 Å². The molecule has 5 nitrogen and oxygen atoms in total. The molecule has 0 aromatic carbocycles. The van der Waals surface area contributed by atoms with Gasteiger partial charge in [-0.3, -0.25) is 4.79 Å². The number of unbranched alkanes of at least 4 members (excludes halogenated alkanes) is 1. The summed E-state index contributed by atoms with van der Waals surface area (Å²) in [5, 5.41) is 8.25. The summed E-state index contributed by atoms with van der Waals surface area (Å²) in [5.41, 5.74) is 0. The van der Waals surface area contributed by atoms with Gasteiger partial charge < -0.3 is 9.84 Å². The van der Waals surface area contributed by atoms with Crippen molar-refractivity contribution < 1.29 is 23.1 Å². The highest BCUT2D eigenvalue weighted by molar-refractivity contribution is 7.92. The zero-order valence-corrected chi connectivity index (χ0v) is 8.34. The molecule has 0 amide bonds. The maximum atomic E-state index is 11.0. The zero-order chi connectivity index (χ0) is 10.3. The largest absolute Gasteiger partial charge is 0.480 e. The van der Waals surface area contributed by atoms with Gasteiger partial charge in [0.15, 0.2) is 9.84 Å². The van der Waals surface area contributed by atoms with Crippen molar-refractivity contribution in [2.45, 2.75) is 12.8 Å². The summed E-state index contributed by atoms with van der Waals surface area (Å²) in [6, 6.07) is 0. The van der Waals surface area contributed by atoms with Crippen molar-refractivity contribution in [3.05, 3.63) is 0 Å². The molecule has 0 unspecified atom stereocenters. The highest BCUT2D eigenvalue weighted by Gasteiger charge is 2.14. The SMILES string of the molecule is COCCCCS(=O)(=O)CC(=O)O. The molecule has 0 saturated carbocycles. The number of carboxylic acid groups (broad SMARTS) is 1. The molecule has 0 spiro atoms. The normalized spacial score (nSPS) is 11.5. The van der Waals surface area contributed by atoms with Crippen LogP contribution in [-0.2, 0) is 19.4 Å². The summed E-state index contributed by atoms with van der Waals surface area (Å²) in [5.74, 6) is -2.16. The Morgan fingerprint density at radius 2 is 2.00 bits per heavy atom. The van der Waals surface area contributed by atoms with Gasteiger partial charge in [0.25, 0.3) is 0 Å². The van der Waals surface area contributed by atoms with Gasteiger partial charge in [-0.15, -0.1) is 0 Å². The van der Waals surface area contributed by atoms with Gasteiger partial charge in [0.2, 0.25) is 0 Å². The molecule has 0 aliphatic carbocycles. The second-order valence-electron chi connectivity index (χ2n) is 2.69. The van der Waals surface area contributed by atoms with Crippen LogP contribution in [0.1, 0.15) is 12.8 Å². The maximum Gasteiger partial charge on any atom is 0.318 e. The topological polar surface area (TPSA) is 80.7 Å². The molecule has 0 rings (SSSR count). The Bertz CT molecular complexity index is 244. The molecular formula is C7H14O5S. The van der Waals surface area contributed by atoms with Crippen LogP contribution in [-0.4, -0.2) is 44.7 Å². The van der Waals surface area contributed by atoms with Crippen molar-refractivity contribution in [2.75, 3.05) is 25.2 Å². The van der Waals surface area contributed by atoms with Crippen molar-refractivity contribution >= 4 is 15.8 Å². The first-order chi connectivity index (χ1) is 5.98. The molecule has 0 radical (unpaired) electrons. The summed E-state index contributed by atoms with van der Waals surface area (Å²) in [4.78, 5) is 10.1. The molecule has 6 heteroatoms. The molecule has 0 bridgehead atoms. The Balaban J connectivity index is 3.71. The van der Waals surface area contributed by atoms with Crippen LogP contribution in [0.25, 0.3) is 0 Å². The Kier molecular flexibility index (Phi) is 5.65. The van der Waals surface area contributed by atoms with E-state index < -0.39 is 21.6 Å². The maximum absolute atomic E-state index is 11.0.